The summed E-state index contributed by atoms with van der Waals surface area (Å²) >= 11 is 0. The first-order valence-corrected chi connectivity index (χ1v) is 11.4. The van der Waals surface area contributed by atoms with E-state index in [0.717, 1.165) is 29.7 Å². The highest BCUT2D eigenvalue weighted by atomic mass is 19.1. The van der Waals surface area contributed by atoms with E-state index in [-0.39, 0.29) is 35.4 Å². The molecule has 6 heteroatoms. The number of carbonyl (C=O) groups excluding carboxylic acids is 2. The Labute approximate surface area is 188 Å². The molecule has 0 aromatic heterocycles. The van der Waals surface area contributed by atoms with Gasteiger partial charge in [-0.2, -0.15) is 0 Å². The van der Waals surface area contributed by atoms with Crippen LogP contribution >= 0.6 is 0 Å². The minimum Gasteiger partial charge on any atom is -0.496 e. The topological polar surface area (TPSA) is 58.6 Å². The molecule has 2 atom stereocenters. The van der Waals surface area contributed by atoms with Gasteiger partial charge in [-0.15, -0.1) is 0 Å². The van der Waals surface area contributed by atoms with Gasteiger partial charge in [0, 0.05) is 31.5 Å². The second kappa shape index (κ2) is 9.72. The number of likely N-dealkylation sites (tertiary alicyclic amines) is 1. The second-order valence-corrected chi connectivity index (χ2v) is 9.01. The summed E-state index contributed by atoms with van der Waals surface area (Å²) in [4.78, 5) is 27.7. The summed E-state index contributed by atoms with van der Waals surface area (Å²) in [6, 6.07) is 12.9. The van der Waals surface area contributed by atoms with E-state index in [1.165, 1.54) is 6.07 Å². The summed E-state index contributed by atoms with van der Waals surface area (Å²) in [7, 11) is 1.64. The molecule has 0 unspecified atom stereocenters. The van der Waals surface area contributed by atoms with E-state index in [1.54, 1.807) is 20.1 Å². The molecule has 5 nitrogen and oxygen atoms in total. The smallest absolute Gasteiger partial charge is 0.225 e. The number of nitrogens with one attached hydrogen (secondary N) is 1. The van der Waals surface area contributed by atoms with Gasteiger partial charge < -0.3 is 15.0 Å². The van der Waals surface area contributed by atoms with E-state index in [2.05, 4.69) is 5.32 Å². The van der Waals surface area contributed by atoms with Gasteiger partial charge in [-0.25, -0.2) is 4.39 Å². The third-order valence-electron chi connectivity index (χ3n) is 6.60. The molecule has 0 spiro atoms. The molecule has 2 aliphatic rings. The Hall–Kier alpha value is -2.89. The van der Waals surface area contributed by atoms with Crippen LogP contribution in [0.15, 0.2) is 42.5 Å². The van der Waals surface area contributed by atoms with Crippen LogP contribution in [0.5, 0.6) is 5.75 Å². The molecule has 0 bridgehead atoms. The molecule has 2 fully saturated rings. The van der Waals surface area contributed by atoms with Crippen molar-refractivity contribution >= 4 is 11.8 Å². The monoisotopic (exact) mass is 438 g/mol. The summed E-state index contributed by atoms with van der Waals surface area (Å²) in [5.74, 6) is 0.555. The number of carbonyl (C=O) groups is 2. The number of benzene rings is 2. The van der Waals surface area contributed by atoms with Gasteiger partial charge in [0.2, 0.25) is 11.8 Å². The molecule has 1 saturated heterocycles. The number of halogens is 1. The van der Waals surface area contributed by atoms with Gasteiger partial charge in [0.15, 0.2) is 0 Å². The van der Waals surface area contributed by atoms with E-state index in [4.69, 9.17) is 4.74 Å². The van der Waals surface area contributed by atoms with Crippen molar-refractivity contribution in [2.75, 3.05) is 26.7 Å². The Kier molecular flexibility index (Phi) is 6.77. The van der Waals surface area contributed by atoms with Crippen molar-refractivity contribution < 1.29 is 18.7 Å². The molecule has 2 amide bonds. The highest BCUT2D eigenvalue weighted by Crippen LogP contribution is 2.36. The Morgan fingerprint density at radius 2 is 1.91 bits per heavy atom. The van der Waals surface area contributed by atoms with Gasteiger partial charge >= 0.3 is 0 Å². The molecule has 1 heterocycles. The van der Waals surface area contributed by atoms with E-state index in [9.17, 15) is 14.0 Å². The van der Waals surface area contributed by atoms with Gasteiger partial charge in [-0.05, 0) is 61.4 Å². The van der Waals surface area contributed by atoms with E-state index in [0.29, 0.717) is 38.0 Å². The number of para-hydroxylation sites is 1. The predicted octanol–water partition coefficient (Wildman–Crippen LogP) is 3.84. The third kappa shape index (κ3) is 5.12. The number of piperidine rings is 1. The predicted molar refractivity (Wildman–Crippen MR) is 121 cm³/mol. The summed E-state index contributed by atoms with van der Waals surface area (Å²) in [5, 5.41) is 3.06. The standard InChI is InChI=1S/C26H31FN2O3/c1-17-13-20(9-10-23(17)27)21-14-22(16-29(15-21)26(31)19-7-8-19)25(30)28-12-11-18-5-3-4-6-24(18)32-2/h3-6,9-10,13,19,21-22H,7-8,11-12,14-16H2,1-2H3,(H,28,30)/t21-,22-/m1/s1. The fourth-order valence-electron chi connectivity index (χ4n) is 4.60. The Morgan fingerprint density at radius 3 is 2.62 bits per heavy atom. The van der Waals surface area contributed by atoms with Crippen LogP contribution in [0, 0.1) is 24.6 Å². The average Bonchev–Trinajstić information content (AvgIpc) is 3.66. The van der Waals surface area contributed by atoms with Crippen LogP contribution in [-0.2, 0) is 16.0 Å². The summed E-state index contributed by atoms with van der Waals surface area (Å²) in [6.07, 6.45) is 3.20. The zero-order valence-electron chi connectivity index (χ0n) is 18.8. The van der Waals surface area contributed by atoms with Crippen LogP contribution in [-0.4, -0.2) is 43.5 Å². The number of hydrogen-bond acceptors (Lipinski definition) is 3. The molecule has 2 aromatic carbocycles. The van der Waals surface area contributed by atoms with Crippen LogP contribution in [0.2, 0.25) is 0 Å². The van der Waals surface area contributed by atoms with Crippen LogP contribution < -0.4 is 10.1 Å². The van der Waals surface area contributed by atoms with Crippen molar-refractivity contribution in [3.8, 4) is 5.75 Å². The van der Waals surface area contributed by atoms with Gasteiger partial charge in [-0.1, -0.05) is 30.3 Å². The molecule has 0 radical (unpaired) electrons. The minimum atomic E-state index is -0.278. The van der Waals surface area contributed by atoms with Crippen molar-refractivity contribution in [1.82, 2.24) is 10.2 Å². The zero-order chi connectivity index (χ0) is 22.7. The van der Waals surface area contributed by atoms with Crippen molar-refractivity contribution in [3.63, 3.8) is 0 Å². The van der Waals surface area contributed by atoms with Crippen LogP contribution in [0.3, 0.4) is 0 Å². The van der Waals surface area contributed by atoms with Gasteiger partial charge in [-0.3, -0.25) is 9.59 Å². The van der Waals surface area contributed by atoms with Gasteiger partial charge in [0.1, 0.15) is 11.6 Å². The first-order valence-electron chi connectivity index (χ1n) is 11.4. The third-order valence-corrected chi connectivity index (χ3v) is 6.60. The molecule has 1 saturated carbocycles. The highest BCUT2D eigenvalue weighted by Gasteiger charge is 2.39. The SMILES string of the molecule is COc1ccccc1CCNC(=O)[C@@H]1C[C@@H](c2ccc(F)c(C)c2)CN(C(=O)C2CC2)C1. The van der Waals surface area contributed by atoms with Gasteiger partial charge in [0.25, 0.3) is 0 Å². The molecule has 1 aliphatic carbocycles. The Balaban J connectivity index is 1.43. The Bertz CT molecular complexity index is 989. The summed E-state index contributed by atoms with van der Waals surface area (Å²) < 4.78 is 19.2. The fourth-order valence-corrected chi connectivity index (χ4v) is 4.60. The fraction of sp³-hybridized carbons (Fsp3) is 0.462. The van der Waals surface area contributed by atoms with Crippen LogP contribution in [0.25, 0.3) is 0 Å². The number of hydrogen-bond donors (Lipinski definition) is 1. The number of ether oxygens (including phenoxy) is 1. The molecular formula is C26H31FN2O3. The van der Waals surface area contributed by atoms with E-state index >= 15 is 0 Å². The number of nitrogens with zero attached hydrogens (tertiary/aromatic N) is 1. The minimum absolute atomic E-state index is 0.0238. The molecule has 1 N–H and O–H groups in total. The van der Waals surface area contributed by atoms with Crippen molar-refractivity contribution in [2.24, 2.45) is 11.8 Å². The van der Waals surface area contributed by atoms with Crippen LogP contribution in [0.1, 0.15) is 41.9 Å². The quantitative estimate of drug-likeness (QED) is 0.715. The molecule has 32 heavy (non-hydrogen) atoms. The number of aryl methyl sites for hydroxylation is 1. The van der Waals surface area contributed by atoms with Crippen molar-refractivity contribution in [1.29, 1.82) is 0 Å². The first-order chi connectivity index (χ1) is 15.5. The first kappa shape index (κ1) is 22.3. The average molecular weight is 439 g/mol. The lowest BCUT2D eigenvalue weighted by Gasteiger charge is -2.37. The number of amides is 2. The molecule has 1 aliphatic heterocycles. The lowest BCUT2D eigenvalue weighted by molar-refractivity contribution is -0.137. The zero-order valence-corrected chi connectivity index (χ0v) is 18.8. The van der Waals surface area contributed by atoms with Crippen molar-refractivity contribution in [2.45, 2.75) is 38.5 Å². The maximum atomic E-state index is 13.8. The highest BCUT2D eigenvalue weighted by molar-refractivity contribution is 5.83. The maximum Gasteiger partial charge on any atom is 0.225 e. The number of methoxy groups -OCH3 is 1. The lowest BCUT2D eigenvalue weighted by atomic mass is 9.83. The van der Waals surface area contributed by atoms with Gasteiger partial charge in [0.05, 0.1) is 13.0 Å². The molecular weight excluding hydrogens is 407 g/mol. The normalized spacial score (nSPS) is 20.7. The Morgan fingerprint density at radius 1 is 1.12 bits per heavy atom. The van der Waals surface area contributed by atoms with Crippen molar-refractivity contribution in [3.05, 3.63) is 65.0 Å². The van der Waals surface area contributed by atoms with E-state index < -0.39 is 0 Å². The molecule has 2 aromatic rings. The van der Waals surface area contributed by atoms with Crippen LogP contribution in [0.4, 0.5) is 4.39 Å². The maximum absolute atomic E-state index is 13.8. The second-order valence-electron chi connectivity index (χ2n) is 9.01. The molecule has 4 rings (SSSR count). The number of rotatable bonds is 7. The molecule has 170 valence electrons. The lowest BCUT2D eigenvalue weighted by Crippen LogP contribution is -2.48. The van der Waals surface area contributed by atoms with E-state index in [1.807, 2.05) is 35.2 Å². The summed E-state index contributed by atoms with van der Waals surface area (Å²) in [5.41, 5.74) is 2.62. The largest absolute Gasteiger partial charge is 0.496 e. The summed E-state index contributed by atoms with van der Waals surface area (Å²) in [6.45, 7) is 3.29.